The van der Waals surface area contributed by atoms with Crippen molar-refractivity contribution in [3.8, 4) is 0 Å². The van der Waals surface area contributed by atoms with Crippen LogP contribution in [0.4, 0.5) is 0 Å². The molecule has 2 unspecified atom stereocenters. The molecule has 1 amide bonds. The van der Waals surface area contributed by atoms with Crippen molar-refractivity contribution in [1.29, 1.82) is 0 Å². The van der Waals surface area contributed by atoms with Crippen LogP contribution in [0.5, 0.6) is 0 Å². The van der Waals surface area contributed by atoms with E-state index in [1.54, 1.807) is 18.2 Å². The largest absolute Gasteiger partial charge is 0.457 e. The number of nitrogens with zero attached hydrogens (tertiary/aromatic N) is 1. The fourth-order valence-electron chi connectivity index (χ4n) is 3.14. The Labute approximate surface area is 152 Å². The SMILES string of the molecule is CCN1CC(C)(C)OC(=O)C1C(Cc1c(Cl)cccc1Cl)C(N)=O. The summed E-state index contributed by atoms with van der Waals surface area (Å²) in [5.41, 5.74) is 5.61. The highest BCUT2D eigenvalue weighted by Gasteiger charge is 2.45. The normalized spacial score (nSPS) is 22.0. The molecule has 1 aliphatic heterocycles. The number of halogens is 2. The number of ether oxygens (including phenoxy) is 1. The molecular formula is C17H22Cl2N2O3. The number of benzene rings is 1. The lowest BCUT2D eigenvalue weighted by Crippen LogP contribution is -2.61. The molecule has 1 fully saturated rings. The molecule has 1 saturated heterocycles. The second-order valence-corrected chi connectivity index (χ2v) is 7.42. The molecule has 0 bridgehead atoms. The topological polar surface area (TPSA) is 72.6 Å². The Hall–Kier alpha value is -1.30. The number of carbonyl (C=O) groups is 2. The number of cyclic esters (lactones) is 1. The highest BCUT2D eigenvalue weighted by atomic mass is 35.5. The summed E-state index contributed by atoms with van der Waals surface area (Å²) in [5.74, 6) is -1.79. The third-order valence-corrected chi connectivity index (χ3v) is 4.94. The highest BCUT2D eigenvalue weighted by molar-refractivity contribution is 6.36. The first-order valence-corrected chi connectivity index (χ1v) is 8.61. The summed E-state index contributed by atoms with van der Waals surface area (Å²) in [7, 11) is 0. The van der Waals surface area contributed by atoms with E-state index in [1.807, 2.05) is 25.7 Å². The maximum atomic E-state index is 12.5. The molecule has 24 heavy (non-hydrogen) atoms. The van der Waals surface area contributed by atoms with E-state index in [2.05, 4.69) is 0 Å². The van der Waals surface area contributed by atoms with E-state index in [-0.39, 0.29) is 6.42 Å². The molecule has 0 aliphatic carbocycles. The number of amides is 1. The number of primary amides is 1. The summed E-state index contributed by atoms with van der Waals surface area (Å²) in [6.07, 6.45) is 0.185. The Bertz CT molecular complexity index is 628. The van der Waals surface area contributed by atoms with Crippen LogP contribution in [-0.4, -0.2) is 41.5 Å². The first kappa shape index (κ1) is 19.0. The molecule has 0 aromatic heterocycles. The van der Waals surface area contributed by atoms with E-state index >= 15 is 0 Å². The van der Waals surface area contributed by atoms with Crippen LogP contribution in [0, 0.1) is 5.92 Å². The molecule has 1 aromatic carbocycles. The number of hydrogen-bond acceptors (Lipinski definition) is 4. The monoisotopic (exact) mass is 372 g/mol. The smallest absolute Gasteiger partial charge is 0.324 e. The van der Waals surface area contributed by atoms with Gasteiger partial charge in [-0.1, -0.05) is 36.2 Å². The van der Waals surface area contributed by atoms with Crippen LogP contribution in [-0.2, 0) is 20.7 Å². The number of morpholine rings is 1. The predicted molar refractivity (Wildman–Crippen MR) is 94.1 cm³/mol. The fourth-order valence-corrected chi connectivity index (χ4v) is 3.70. The van der Waals surface area contributed by atoms with E-state index in [1.165, 1.54) is 0 Å². The second kappa shape index (κ2) is 7.30. The number of esters is 1. The molecular weight excluding hydrogens is 351 g/mol. The summed E-state index contributed by atoms with van der Waals surface area (Å²) in [6, 6.07) is 4.37. The average molecular weight is 373 g/mol. The van der Waals surface area contributed by atoms with Crippen molar-refractivity contribution in [2.75, 3.05) is 13.1 Å². The van der Waals surface area contributed by atoms with Crippen molar-refractivity contribution >= 4 is 35.1 Å². The summed E-state index contributed by atoms with van der Waals surface area (Å²) >= 11 is 12.4. The maximum absolute atomic E-state index is 12.5. The van der Waals surface area contributed by atoms with Crippen LogP contribution in [0.3, 0.4) is 0 Å². The van der Waals surface area contributed by atoms with Gasteiger partial charge in [0.25, 0.3) is 0 Å². The van der Waals surface area contributed by atoms with Crippen LogP contribution in [0.1, 0.15) is 26.3 Å². The van der Waals surface area contributed by atoms with Crippen molar-refractivity contribution in [3.05, 3.63) is 33.8 Å². The van der Waals surface area contributed by atoms with Crippen molar-refractivity contribution in [2.45, 2.75) is 38.8 Å². The van der Waals surface area contributed by atoms with E-state index in [0.717, 1.165) is 0 Å². The molecule has 0 radical (unpaired) electrons. The summed E-state index contributed by atoms with van der Waals surface area (Å²) in [4.78, 5) is 26.6. The molecule has 5 nitrogen and oxygen atoms in total. The molecule has 7 heteroatoms. The molecule has 1 aliphatic rings. The standard InChI is InChI=1S/C17H22Cl2N2O3/c1-4-21-9-17(2,3)24-16(23)14(21)11(15(20)22)8-10-12(18)6-5-7-13(10)19/h5-7,11,14H,4,8-9H2,1-3H3,(H2,20,22). The average Bonchev–Trinajstić information content (AvgIpc) is 2.46. The van der Waals surface area contributed by atoms with Gasteiger partial charge in [0.15, 0.2) is 0 Å². The van der Waals surface area contributed by atoms with Gasteiger partial charge in [-0.25, -0.2) is 0 Å². The zero-order valence-corrected chi connectivity index (χ0v) is 15.5. The Kier molecular flexibility index (Phi) is 5.78. The molecule has 0 saturated carbocycles. The van der Waals surface area contributed by atoms with Gasteiger partial charge in [0.05, 0.1) is 5.92 Å². The summed E-state index contributed by atoms with van der Waals surface area (Å²) in [6.45, 7) is 6.74. The lowest BCUT2D eigenvalue weighted by molar-refractivity contribution is -0.182. The number of nitrogens with two attached hydrogens (primary N) is 1. The number of likely N-dealkylation sites (N-methyl/N-ethyl adjacent to an activating group) is 1. The third-order valence-electron chi connectivity index (χ3n) is 4.23. The third kappa shape index (κ3) is 4.02. The van der Waals surface area contributed by atoms with Crippen LogP contribution in [0.2, 0.25) is 10.0 Å². The molecule has 132 valence electrons. The first-order valence-electron chi connectivity index (χ1n) is 7.85. The molecule has 2 rings (SSSR count). The Balaban J connectivity index is 2.36. The van der Waals surface area contributed by atoms with Gasteiger partial charge in [-0.3, -0.25) is 14.5 Å². The van der Waals surface area contributed by atoms with Crippen molar-refractivity contribution in [2.24, 2.45) is 11.7 Å². The minimum atomic E-state index is -0.772. The number of hydrogen-bond donors (Lipinski definition) is 1. The van der Waals surface area contributed by atoms with Crippen LogP contribution < -0.4 is 5.73 Å². The van der Waals surface area contributed by atoms with Gasteiger partial charge < -0.3 is 10.5 Å². The zero-order chi connectivity index (χ0) is 18.1. The van der Waals surface area contributed by atoms with Gasteiger partial charge >= 0.3 is 5.97 Å². The predicted octanol–water partition coefficient (Wildman–Crippen LogP) is 2.66. The van der Waals surface area contributed by atoms with E-state index in [0.29, 0.717) is 28.7 Å². The summed E-state index contributed by atoms with van der Waals surface area (Å²) < 4.78 is 5.49. The Morgan fingerprint density at radius 2 is 2.00 bits per heavy atom. The first-order chi connectivity index (χ1) is 11.2. The van der Waals surface area contributed by atoms with Crippen LogP contribution >= 0.6 is 23.2 Å². The van der Waals surface area contributed by atoms with E-state index in [9.17, 15) is 9.59 Å². The molecule has 2 N–H and O–H groups in total. The highest BCUT2D eigenvalue weighted by Crippen LogP contribution is 2.32. The van der Waals surface area contributed by atoms with Gasteiger partial charge in [-0.15, -0.1) is 0 Å². The van der Waals surface area contributed by atoms with Gasteiger partial charge in [0.2, 0.25) is 5.91 Å². The van der Waals surface area contributed by atoms with E-state index in [4.69, 9.17) is 33.7 Å². The van der Waals surface area contributed by atoms with Gasteiger partial charge in [-0.2, -0.15) is 0 Å². The van der Waals surface area contributed by atoms with Gasteiger partial charge in [0, 0.05) is 16.6 Å². The van der Waals surface area contributed by atoms with Gasteiger partial charge in [-0.05, 0) is 44.5 Å². The number of rotatable bonds is 5. The molecule has 1 aromatic rings. The van der Waals surface area contributed by atoms with Crippen LogP contribution in [0.25, 0.3) is 0 Å². The quantitative estimate of drug-likeness (QED) is 0.806. The zero-order valence-electron chi connectivity index (χ0n) is 14.0. The molecule has 1 heterocycles. The van der Waals surface area contributed by atoms with Crippen molar-refractivity contribution < 1.29 is 14.3 Å². The van der Waals surface area contributed by atoms with E-state index < -0.39 is 29.4 Å². The maximum Gasteiger partial charge on any atom is 0.324 e. The lowest BCUT2D eigenvalue weighted by Gasteiger charge is -2.44. The summed E-state index contributed by atoms with van der Waals surface area (Å²) in [5, 5.41) is 0.891. The fraction of sp³-hybridized carbons (Fsp3) is 0.529. The lowest BCUT2D eigenvalue weighted by atomic mass is 9.88. The van der Waals surface area contributed by atoms with Crippen LogP contribution in [0.15, 0.2) is 18.2 Å². The second-order valence-electron chi connectivity index (χ2n) is 6.60. The Morgan fingerprint density at radius 3 is 2.50 bits per heavy atom. The minimum Gasteiger partial charge on any atom is -0.457 e. The van der Waals surface area contributed by atoms with Crippen molar-refractivity contribution in [1.82, 2.24) is 4.90 Å². The molecule has 0 spiro atoms. The Morgan fingerprint density at radius 1 is 1.42 bits per heavy atom. The van der Waals surface area contributed by atoms with Gasteiger partial charge in [0.1, 0.15) is 11.6 Å². The number of carbonyl (C=O) groups excluding carboxylic acids is 2. The molecule has 2 atom stereocenters. The van der Waals surface area contributed by atoms with Crippen molar-refractivity contribution in [3.63, 3.8) is 0 Å². The minimum absolute atomic E-state index is 0.185.